The maximum atomic E-state index is 12.5. The lowest BCUT2D eigenvalue weighted by atomic mass is 9.90. The van der Waals surface area contributed by atoms with E-state index in [1.54, 1.807) is 0 Å². The van der Waals surface area contributed by atoms with Gasteiger partial charge >= 0.3 is 5.97 Å². The lowest BCUT2D eigenvalue weighted by Crippen LogP contribution is -2.39. The number of aliphatic carboxylic acids is 1. The summed E-state index contributed by atoms with van der Waals surface area (Å²) in [5.74, 6) is -5.43. The number of carboxylic acids is 1. The van der Waals surface area contributed by atoms with E-state index >= 15 is 0 Å². The van der Waals surface area contributed by atoms with Gasteiger partial charge in [-0.3, -0.25) is 19.2 Å². The van der Waals surface area contributed by atoms with E-state index in [0.717, 1.165) is 0 Å². The molecule has 0 saturated heterocycles. The second-order valence-corrected chi connectivity index (χ2v) is 6.49. The van der Waals surface area contributed by atoms with Gasteiger partial charge in [0.05, 0.1) is 24.5 Å². The minimum atomic E-state index is -1.32. The summed E-state index contributed by atoms with van der Waals surface area (Å²) in [6.07, 6.45) is -2.06. The van der Waals surface area contributed by atoms with Gasteiger partial charge in [0.2, 0.25) is 11.8 Å². The molecule has 0 bridgehead atoms. The number of nitrogens with zero attached hydrogens (tertiary/aromatic N) is 1. The minimum Gasteiger partial charge on any atom is -0.481 e. The number of hydrogen-bond donors (Lipinski definition) is 5. The molecular formula is C16H29N3O7. The summed E-state index contributed by atoms with van der Waals surface area (Å²) in [4.78, 5) is 48.2. The zero-order chi connectivity index (χ0) is 20.4. The van der Waals surface area contributed by atoms with Crippen molar-refractivity contribution in [1.82, 2.24) is 4.90 Å². The highest BCUT2D eigenvalue weighted by molar-refractivity contribution is 5.91. The molecule has 0 spiro atoms. The molecule has 2 amide bonds. The first-order valence-corrected chi connectivity index (χ1v) is 8.31. The van der Waals surface area contributed by atoms with Crippen molar-refractivity contribution < 1.29 is 34.5 Å². The Morgan fingerprint density at radius 1 is 1.12 bits per heavy atom. The summed E-state index contributed by atoms with van der Waals surface area (Å²) in [6, 6.07) is -0.496. The van der Waals surface area contributed by atoms with Gasteiger partial charge in [-0.05, 0) is 13.3 Å². The molecule has 0 aromatic heterocycles. The number of Topliss-reactive ketones (excluding diaryl/α,β-unsaturated/α-hetero) is 1. The molecule has 0 saturated carbocycles. The Balaban J connectivity index is 4.97. The number of carboxylic acid groups (broad SMARTS) is 1. The monoisotopic (exact) mass is 375 g/mol. The fourth-order valence-electron chi connectivity index (χ4n) is 2.43. The largest absolute Gasteiger partial charge is 0.481 e. The van der Waals surface area contributed by atoms with Crippen molar-refractivity contribution in [3.05, 3.63) is 0 Å². The Morgan fingerprint density at radius 2 is 1.69 bits per heavy atom. The van der Waals surface area contributed by atoms with E-state index in [0.29, 0.717) is 6.42 Å². The molecule has 10 heteroatoms. The van der Waals surface area contributed by atoms with Crippen molar-refractivity contribution in [1.29, 1.82) is 0 Å². The molecule has 10 nitrogen and oxygen atoms in total. The zero-order valence-corrected chi connectivity index (χ0v) is 15.1. The molecule has 26 heavy (non-hydrogen) atoms. The average molecular weight is 375 g/mol. The highest BCUT2D eigenvalue weighted by Gasteiger charge is 2.30. The number of rotatable bonds is 13. The summed E-state index contributed by atoms with van der Waals surface area (Å²) < 4.78 is 0. The van der Waals surface area contributed by atoms with Gasteiger partial charge in [-0.1, -0.05) is 0 Å². The van der Waals surface area contributed by atoms with Gasteiger partial charge in [-0.2, -0.15) is 0 Å². The highest BCUT2D eigenvalue weighted by atomic mass is 16.4. The summed E-state index contributed by atoms with van der Waals surface area (Å²) >= 11 is 0. The molecule has 4 atom stereocenters. The molecule has 0 heterocycles. The van der Waals surface area contributed by atoms with Crippen LogP contribution >= 0.6 is 0 Å². The van der Waals surface area contributed by atoms with Crippen LogP contribution in [-0.4, -0.2) is 76.1 Å². The summed E-state index contributed by atoms with van der Waals surface area (Å²) in [5.41, 5.74) is 10.7. The maximum Gasteiger partial charge on any atom is 0.309 e. The van der Waals surface area contributed by atoms with Crippen molar-refractivity contribution in [2.45, 2.75) is 44.8 Å². The number of aliphatic hydroxyl groups excluding tert-OH is 2. The molecule has 0 aliphatic carbocycles. The molecule has 150 valence electrons. The predicted molar refractivity (Wildman–Crippen MR) is 91.7 cm³/mol. The van der Waals surface area contributed by atoms with Crippen molar-refractivity contribution in [3.63, 3.8) is 0 Å². The standard InChI is InChI=1S/C16H29N3O7/c1-9(21)13(16(25)26)7-12(22)5-10(6-14(18)23)15(24)19(2)4-3-11(17)8-20/h9-11,13,20-21H,3-8,17H2,1-2H3,(H2,18,23)(H,25,26)/t9?,10-,11+,13-/m0/s1. The third kappa shape index (κ3) is 8.88. The average Bonchev–Trinajstić information content (AvgIpc) is 2.54. The van der Waals surface area contributed by atoms with Crippen LogP contribution in [0.4, 0.5) is 0 Å². The number of hydrogen-bond acceptors (Lipinski definition) is 7. The van der Waals surface area contributed by atoms with Gasteiger partial charge in [-0.25, -0.2) is 0 Å². The van der Waals surface area contributed by atoms with Crippen molar-refractivity contribution in [3.8, 4) is 0 Å². The number of primary amides is 1. The first-order valence-electron chi connectivity index (χ1n) is 8.31. The van der Waals surface area contributed by atoms with Crippen LogP contribution in [0.1, 0.15) is 32.6 Å². The summed E-state index contributed by atoms with van der Waals surface area (Å²) in [6.45, 7) is 1.24. The first kappa shape index (κ1) is 24.0. The highest BCUT2D eigenvalue weighted by Crippen LogP contribution is 2.18. The Bertz CT molecular complexity index is 510. The smallest absolute Gasteiger partial charge is 0.309 e. The number of nitrogens with two attached hydrogens (primary N) is 2. The van der Waals surface area contributed by atoms with E-state index in [1.807, 2.05) is 0 Å². The predicted octanol–water partition coefficient (Wildman–Crippen LogP) is -1.92. The number of ketones is 1. The van der Waals surface area contributed by atoms with Gasteiger partial charge in [-0.15, -0.1) is 0 Å². The number of amides is 2. The quantitative estimate of drug-likeness (QED) is 0.246. The fourth-order valence-corrected chi connectivity index (χ4v) is 2.43. The second kappa shape index (κ2) is 11.6. The van der Waals surface area contributed by atoms with Crippen LogP contribution in [-0.2, 0) is 19.2 Å². The molecule has 0 aliphatic rings. The van der Waals surface area contributed by atoms with E-state index in [-0.39, 0.29) is 26.0 Å². The maximum absolute atomic E-state index is 12.5. The molecule has 0 radical (unpaired) electrons. The zero-order valence-electron chi connectivity index (χ0n) is 15.1. The number of aliphatic hydroxyl groups is 2. The van der Waals surface area contributed by atoms with Crippen LogP contribution in [0.25, 0.3) is 0 Å². The Labute approximate surface area is 152 Å². The first-order chi connectivity index (χ1) is 12.0. The van der Waals surface area contributed by atoms with Crippen LogP contribution in [0.3, 0.4) is 0 Å². The van der Waals surface area contributed by atoms with E-state index in [4.69, 9.17) is 21.7 Å². The molecule has 1 unspecified atom stereocenters. The van der Waals surface area contributed by atoms with Crippen molar-refractivity contribution in [2.24, 2.45) is 23.3 Å². The third-order valence-electron chi connectivity index (χ3n) is 4.06. The summed E-state index contributed by atoms with van der Waals surface area (Å²) in [5, 5.41) is 27.4. The third-order valence-corrected chi connectivity index (χ3v) is 4.06. The molecule has 0 aliphatic heterocycles. The normalized spacial score (nSPS) is 15.6. The van der Waals surface area contributed by atoms with Gasteiger partial charge in [0.15, 0.2) is 0 Å². The molecule has 0 rings (SSSR count). The molecule has 0 aromatic carbocycles. The Kier molecular flexibility index (Phi) is 10.6. The van der Waals surface area contributed by atoms with Crippen LogP contribution in [0.2, 0.25) is 0 Å². The van der Waals surface area contributed by atoms with E-state index in [9.17, 15) is 24.3 Å². The number of carbonyl (C=O) groups excluding carboxylic acids is 3. The van der Waals surface area contributed by atoms with Gasteiger partial charge in [0.1, 0.15) is 5.78 Å². The van der Waals surface area contributed by atoms with Gasteiger partial charge < -0.3 is 31.7 Å². The van der Waals surface area contributed by atoms with Crippen LogP contribution in [0.5, 0.6) is 0 Å². The SMILES string of the molecule is CC(O)[C@H](CC(=O)C[C@@H](CC(N)=O)C(=O)N(C)CC[C@@H](N)CO)C(=O)O. The minimum absolute atomic E-state index is 0.218. The van der Waals surface area contributed by atoms with Crippen molar-refractivity contribution >= 4 is 23.6 Å². The second-order valence-electron chi connectivity index (χ2n) is 6.49. The van der Waals surface area contributed by atoms with Crippen molar-refractivity contribution in [2.75, 3.05) is 20.2 Å². The molecule has 0 aromatic rings. The Morgan fingerprint density at radius 3 is 2.12 bits per heavy atom. The van der Waals surface area contributed by atoms with Crippen LogP contribution in [0.15, 0.2) is 0 Å². The van der Waals surface area contributed by atoms with Crippen LogP contribution in [0, 0.1) is 11.8 Å². The molecule has 7 N–H and O–H groups in total. The van der Waals surface area contributed by atoms with Crippen LogP contribution < -0.4 is 11.5 Å². The molecular weight excluding hydrogens is 346 g/mol. The van der Waals surface area contributed by atoms with Gasteiger partial charge in [0, 0.05) is 38.9 Å². The lowest BCUT2D eigenvalue weighted by Gasteiger charge is -2.24. The van der Waals surface area contributed by atoms with E-state index < -0.39 is 54.0 Å². The summed E-state index contributed by atoms with van der Waals surface area (Å²) in [7, 11) is 1.47. The topological polar surface area (TPSA) is 184 Å². The lowest BCUT2D eigenvalue weighted by molar-refractivity contribution is -0.148. The Hall–Kier alpha value is -2.04. The van der Waals surface area contributed by atoms with E-state index in [2.05, 4.69) is 0 Å². The van der Waals surface area contributed by atoms with E-state index in [1.165, 1.54) is 18.9 Å². The fraction of sp³-hybridized carbons (Fsp3) is 0.750. The van der Waals surface area contributed by atoms with Gasteiger partial charge in [0.25, 0.3) is 0 Å². The molecule has 0 fully saturated rings. The number of carbonyl (C=O) groups is 4.